The van der Waals surface area contributed by atoms with E-state index in [2.05, 4.69) is 47.2 Å². The molecular weight excluding hydrogens is 254 g/mol. The van der Waals surface area contributed by atoms with E-state index in [1.54, 1.807) is 7.11 Å². The third-order valence-corrected chi connectivity index (χ3v) is 2.99. The molecule has 0 aliphatic heterocycles. The van der Waals surface area contributed by atoms with Crippen LogP contribution in [0, 0.1) is 0 Å². The average Bonchev–Trinajstić information content (AvgIpc) is 2.16. The molecule has 3 heteroatoms. The maximum Gasteiger partial charge on any atom is 0.0639 e. The van der Waals surface area contributed by atoms with E-state index in [1.165, 1.54) is 5.56 Å². The van der Waals surface area contributed by atoms with Crippen molar-refractivity contribution in [1.82, 2.24) is 5.32 Å². The quantitative estimate of drug-likeness (QED) is 0.889. The molecule has 0 fully saturated rings. The third kappa shape index (κ3) is 4.33. The molecule has 0 radical (unpaired) electrons. The van der Waals surface area contributed by atoms with Gasteiger partial charge in [0.1, 0.15) is 0 Å². The van der Waals surface area contributed by atoms with Gasteiger partial charge in [0.25, 0.3) is 0 Å². The van der Waals surface area contributed by atoms with Crippen LogP contribution in [0.1, 0.15) is 19.4 Å². The largest absolute Gasteiger partial charge is 0.383 e. The molecule has 0 aromatic heterocycles. The summed E-state index contributed by atoms with van der Waals surface area (Å²) in [7, 11) is 1.72. The van der Waals surface area contributed by atoms with E-state index in [4.69, 9.17) is 4.74 Å². The van der Waals surface area contributed by atoms with Gasteiger partial charge in [-0.15, -0.1) is 0 Å². The summed E-state index contributed by atoms with van der Waals surface area (Å²) in [5.74, 6) is 0. The molecule has 1 aromatic carbocycles. The number of methoxy groups -OCH3 is 1. The van der Waals surface area contributed by atoms with Crippen LogP contribution in [0.3, 0.4) is 0 Å². The van der Waals surface area contributed by atoms with E-state index in [1.807, 2.05) is 12.1 Å². The van der Waals surface area contributed by atoms with E-state index in [0.717, 1.165) is 11.0 Å². The second-order valence-electron chi connectivity index (χ2n) is 4.26. The molecule has 0 aliphatic carbocycles. The van der Waals surface area contributed by atoms with E-state index >= 15 is 0 Å². The summed E-state index contributed by atoms with van der Waals surface area (Å²) < 4.78 is 6.30. The van der Waals surface area contributed by atoms with Crippen molar-refractivity contribution in [2.45, 2.75) is 25.9 Å². The van der Waals surface area contributed by atoms with Crippen LogP contribution in [0.25, 0.3) is 0 Å². The molecule has 0 saturated heterocycles. The Kier molecular flexibility index (Phi) is 4.77. The third-order valence-electron chi connectivity index (χ3n) is 2.22. The first-order valence-electron chi connectivity index (χ1n) is 5.02. The van der Waals surface area contributed by atoms with Gasteiger partial charge in [0.2, 0.25) is 0 Å². The van der Waals surface area contributed by atoms with Crippen molar-refractivity contribution in [1.29, 1.82) is 0 Å². The van der Waals surface area contributed by atoms with Crippen molar-refractivity contribution in [3.8, 4) is 0 Å². The number of hydrogen-bond acceptors (Lipinski definition) is 2. The van der Waals surface area contributed by atoms with Gasteiger partial charge in [0.05, 0.1) is 6.61 Å². The van der Waals surface area contributed by atoms with Gasteiger partial charge in [-0.2, -0.15) is 0 Å². The minimum Gasteiger partial charge on any atom is -0.383 e. The van der Waals surface area contributed by atoms with Crippen LogP contribution in [0.5, 0.6) is 0 Å². The lowest BCUT2D eigenvalue weighted by molar-refractivity contribution is 0.127. The molecular formula is C12H18BrNO. The number of ether oxygens (including phenoxy) is 1. The predicted octanol–water partition coefficient (Wildman–Crippen LogP) is 2.96. The fraction of sp³-hybridized carbons (Fsp3) is 0.500. The van der Waals surface area contributed by atoms with Crippen molar-refractivity contribution in [2.75, 3.05) is 13.7 Å². The van der Waals surface area contributed by atoms with Gasteiger partial charge in [-0.05, 0) is 25.5 Å². The van der Waals surface area contributed by atoms with E-state index < -0.39 is 0 Å². The molecule has 0 aliphatic rings. The normalized spacial score (nSPS) is 11.7. The minimum absolute atomic E-state index is 0.00400. The average molecular weight is 272 g/mol. The second-order valence-corrected chi connectivity index (χ2v) is 5.12. The molecule has 0 spiro atoms. The van der Waals surface area contributed by atoms with Gasteiger partial charge in [-0.25, -0.2) is 0 Å². The van der Waals surface area contributed by atoms with Crippen molar-refractivity contribution in [2.24, 2.45) is 0 Å². The first kappa shape index (κ1) is 12.7. The summed E-state index contributed by atoms with van der Waals surface area (Å²) in [5, 5.41) is 3.46. The second kappa shape index (κ2) is 5.64. The summed E-state index contributed by atoms with van der Waals surface area (Å²) in [6, 6.07) is 8.24. The van der Waals surface area contributed by atoms with Crippen molar-refractivity contribution in [3.05, 3.63) is 34.3 Å². The fourth-order valence-electron chi connectivity index (χ4n) is 1.39. The molecule has 2 nitrogen and oxygen atoms in total. The van der Waals surface area contributed by atoms with Crippen LogP contribution >= 0.6 is 15.9 Å². The number of benzene rings is 1. The smallest absolute Gasteiger partial charge is 0.0639 e. The summed E-state index contributed by atoms with van der Waals surface area (Å²) in [6.45, 7) is 5.82. The van der Waals surface area contributed by atoms with Gasteiger partial charge in [-0.1, -0.05) is 34.1 Å². The lowest BCUT2D eigenvalue weighted by atomic mass is 10.1. The summed E-state index contributed by atoms with van der Waals surface area (Å²) in [4.78, 5) is 0. The molecule has 1 N–H and O–H groups in total. The van der Waals surface area contributed by atoms with Crippen LogP contribution < -0.4 is 5.32 Å². The molecule has 0 bridgehead atoms. The van der Waals surface area contributed by atoms with Gasteiger partial charge >= 0.3 is 0 Å². The Labute approximate surface area is 100 Å². The number of halogens is 1. The highest BCUT2D eigenvalue weighted by atomic mass is 79.9. The van der Waals surface area contributed by atoms with Crippen molar-refractivity contribution in [3.63, 3.8) is 0 Å². The van der Waals surface area contributed by atoms with Crippen LogP contribution in [0.4, 0.5) is 0 Å². The van der Waals surface area contributed by atoms with Gasteiger partial charge in [0.15, 0.2) is 0 Å². The summed E-state index contributed by atoms with van der Waals surface area (Å²) in [6.07, 6.45) is 0. The SMILES string of the molecule is COCC(C)(C)NCc1ccccc1Br. The van der Waals surface area contributed by atoms with Crippen molar-refractivity contribution < 1.29 is 4.74 Å². The summed E-state index contributed by atoms with van der Waals surface area (Å²) >= 11 is 3.53. The molecule has 0 atom stereocenters. The number of rotatable bonds is 5. The highest BCUT2D eigenvalue weighted by Crippen LogP contribution is 2.16. The van der Waals surface area contributed by atoms with Gasteiger partial charge in [0, 0.05) is 23.7 Å². The Morgan fingerprint density at radius 2 is 2.00 bits per heavy atom. The van der Waals surface area contributed by atoms with Crippen molar-refractivity contribution >= 4 is 15.9 Å². The number of nitrogens with one attached hydrogen (secondary N) is 1. The Morgan fingerprint density at radius 3 is 2.60 bits per heavy atom. The van der Waals surface area contributed by atoms with E-state index in [-0.39, 0.29) is 5.54 Å². The zero-order valence-corrected chi connectivity index (χ0v) is 11.1. The Morgan fingerprint density at radius 1 is 1.33 bits per heavy atom. The minimum atomic E-state index is 0.00400. The van der Waals surface area contributed by atoms with Crippen LogP contribution in [-0.4, -0.2) is 19.3 Å². The molecule has 0 saturated carbocycles. The molecule has 1 aromatic rings. The van der Waals surface area contributed by atoms with Crippen LogP contribution in [0.15, 0.2) is 28.7 Å². The lowest BCUT2D eigenvalue weighted by Gasteiger charge is -2.25. The highest BCUT2D eigenvalue weighted by molar-refractivity contribution is 9.10. The Hall–Kier alpha value is -0.380. The Bertz CT molecular complexity index is 312. The standard InChI is InChI=1S/C12H18BrNO/c1-12(2,9-15-3)14-8-10-6-4-5-7-11(10)13/h4-7,14H,8-9H2,1-3H3. The maximum atomic E-state index is 5.15. The predicted molar refractivity (Wildman–Crippen MR) is 66.9 cm³/mol. The van der Waals surface area contributed by atoms with E-state index in [9.17, 15) is 0 Å². The summed E-state index contributed by atoms with van der Waals surface area (Å²) in [5.41, 5.74) is 1.27. The zero-order chi connectivity index (χ0) is 11.3. The molecule has 0 amide bonds. The zero-order valence-electron chi connectivity index (χ0n) is 9.51. The monoisotopic (exact) mass is 271 g/mol. The Balaban J connectivity index is 2.53. The van der Waals surface area contributed by atoms with E-state index in [0.29, 0.717) is 6.61 Å². The number of hydrogen-bond donors (Lipinski definition) is 1. The van der Waals surface area contributed by atoms with Gasteiger partial charge < -0.3 is 10.1 Å². The molecule has 15 heavy (non-hydrogen) atoms. The molecule has 84 valence electrons. The highest BCUT2D eigenvalue weighted by Gasteiger charge is 2.16. The molecule has 1 rings (SSSR count). The fourth-order valence-corrected chi connectivity index (χ4v) is 1.81. The molecule has 0 heterocycles. The van der Waals surface area contributed by atoms with Crippen LogP contribution in [-0.2, 0) is 11.3 Å². The van der Waals surface area contributed by atoms with Gasteiger partial charge in [-0.3, -0.25) is 0 Å². The first-order valence-corrected chi connectivity index (χ1v) is 5.82. The lowest BCUT2D eigenvalue weighted by Crippen LogP contribution is -2.42. The molecule has 0 unspecified atom stereocenters. The topological polar surface area (TPSA) is 21.3 Å². The first-order chi connectivity index (χ1) is 7.05. The maximum absolute atomic E-state index is 5.15. The van der Waals surface area contributed by atoms with Crippen LogP contribution in [0.2, 0.25) is 0 Å².